The monoisotopic (exact) mass is 405 g/mol. The molecule has 7 nitrogen and oxygen atoms in total. The highest BCUT2D eigenvalue weighted by molar-refractivity contribution is 5.76. The van der Waals surface area contributed by atoms with Crippen LogP contribution in [-0.2, 0) is 9.53 Å². The molecule has 1 fully saturated rings. The Balaban J connectivity index is 1.47. The summed E-state index contributed by atoms with van der Waals surface area (Å²) in [6, 6.07) is 3.98. The molecule has 7 heteroatoms. The van der Waals surface area contributed by atoms with Crippen molar-refractivity contribution in [3.05, 3.63) is 54.1 Å². The lowest BCUT2D eigenvalue weighted by atomic mass is 9.96. The number of ether oxygens (including phenoxy) is 1. The van der Waals surface area contributed by atoms with E-state index in [2.05, 4.69) is 22.5 Å². The molecule has 3 aliphatic heterocycles. The molecule has 1 aliphatic carbocycles. The number of amides is 1. The zero-order valence-electron chi connectivity index (χ0n) is 17.1. The second kappa shape index (κ2) is 8.34. The molecule has 6 rings (SSSR count). The van der Waals surface area contributed by atoms with E-state index in [0.29, 0.717) is 18.9 Å². The third kappa shape index (κ3) is 3.97. The van der Waals surface area contributed by atoms with Gasteiger partial charge in [-0.2, -0.15) is 0 Å². The van der Waals surface area contributed by atoms with Crippen LogP contribution in [0.3, 0.4) is 0 Å². The first-order chi connectivity index (χ1) is 14.8. The molecule has 0 unspecified atom stereocenters. The highest BCUT2D eigenvalue weighted by Gasteiger charge is 2.23. The van der Waals surface area contributed by atoms with Gasteiger partial charge in [0.15, 0.2) is 5.65 Å². The number of fused-ring (bicyclic) bond motifs is 7. The fraction of sp³-hybridized carbons (Fsp3) is 0.435. The van der Waals surface area contributed by atoms with E-state index in [9.17, 15) is 4.79 Å². The van der Waals surface area contributed by atoms with Gasteiger partial charge in [0.2, 0.25) is 5.91 Å². The number of piperidine rings is 1. The fourth-order valence-electron chi connectivity index (χ4n) is 4.30. The maximum Gasteiger partial charge on any atom is 0.222 e. The number of imidazole rings is 1. The minimum Gasteiger partial charge on any atom is -0.494 e. The Morgan fingerprint density at radius 2 is 2.10 bits per heavy atom. The summed E-state index contributed by atoms with van der Waals surface area (Å²) >= 11 is 0. The molecule has 156 valence electrons. The molecule has 5 heterocycles. The maximum atomic E-state index is 12.5. The van der Waals surface area contributed by atoms with Crippen LogP contribution in [0.2, 0.25) is 0 Å². The molecule has 1 saturated heterocycles. The molecular formula is C23H27N5O2. The summed E-state index contributed by atoms with van der Waals surface area (Å²) in [6.45, 7) is 3.08. The Hall–Kier alpha value is -3.09. The topological polar surface area (TPSA) is 71.8 Å². The molecule has 0 saturated carbocycles. The number of nitrogens with zero attached hydrogens (tertiary/aromatic N) is 4. The molecule has 2 aromatic rings. The van der Waals surface area contributed by atoms with Crippen molar-refractivity contribution in [3.63, 3.8) is 0 Å². The predicted octanol–water partition coefficient (Wildman–Crippen LogP) is 3.42. The number of rotatable bonds is 0. The van der Waals surface area contributed by atoms with Crippen molar-refractivity contribution in [2.45, 2.75) is 32.1 Å². The van der Waals surface area contributed by atoms with Crippen LogP contribution in [0.1, 0.15) is 37.8 Å². The predicted molar refractivity (Wildman–Crippen MR) is 116 cm³/mol. The molecule has 0 atom stereocenters. The van der Waals surface area contributed by atoms with E-state index in [1.165, 1.54) is 0 Å². The molecule has 1 amide bonds. The summed E-state index contributed by atoms with van der Waals surface area (Å²) in [5.74, 6) is 2.45. The second-order valence-electron chi connectivity index (χ2n) is 8.16. The lowest BCUT2D eigenvalue weighted by molar-refractivity contribution is -0.132. The summed E-state index contributed by atoms with van der Waals surface area (Å²) in [5.41, 5.74) is 2.91. The second-order valence-corrected chi connectivity index (χ2v) is 8.16. The van der Waals surface area contributed by atoms with Crippen LogP contribution < -0.4 is 5.32 Å². The summed E-state index contributed by atoms with van der Waals surface area (Å²) in [5, 5.41) is 8.30. The van der Waals surface area contributed by atoms with Gasteiger partial charge in [0, 0.05) is 26.1 Å². The van der Waals surface area contributed by atoms with Crippen LogP contribution in [0, 0.1) is 5.92 Å². The molecule has 4 aliphatic rings. The van der Waals surface area contributed by atoms with E-state index in [4.69, 9.17) is 9.84 Å². The quantitative estimate of drug-likeness (QED) is 0.727. The van der Waals surface area contributed by atoms with Crippen LogP contribution in [0.5, 0.6) is 0 Å². The average molecular weight is 406 g/mol. The van der Waals surface area contributed by atoms with Gasteiger partial charge >= 0.3 is 0 Å². The number of aromatic nitrogens is 3. The van der Waals surface area contributed by atoms with Crippen LogP contribution in [0.25, 0.3) is 11.2 Å². The number of allylic oxidation sites excluding steroid dienone is 5. The van der Waals surface area contributed by atoms with Gasteiger partial charge in [-0.15, -0.1) is 5.10 Å². The van der Waals surface area contributed by atoms with Crippen LogP contribution in [-0.4, -0.2) is 51.6 Å². The zero-order chi connectivity index (χ0) is 20.3. The van der Waals surface area contributed by atoms with Gasteiger partial charge in [-0.05, 0) is 61.5 Å². The van der Waals surface area contributed by atoms with E-state index >= 15 is 0 Å². The molecule has 2 aromatic heterocycles. The number of hydrogen-bond acceptors (Lipinski definition) is 5. The Morgan fingerprint density at radius 1 is 1.20 bits per heavy atom. The first-order valence-corrected chi connectivity index (χ1v) is 10.8. The fourth-order valence-corrected chi connectivity index (χ4v) is 4.30. The van der Waals surface area contributed by atoms with E-state index in [1.807, 2.05) is 39.9 Å². The van der Waals surface area contributed by atoms with Crippen molar-refractivity contribution in [3.8, 4) is 0 Å². The first kappa shape index (κ1) is 18.9. The molecule has 0 radical (unpaired) electrons. The number of anilines is 1. The lowest BCUT2D eigenvalue weighted by Crippen LogP contribution is -2.39. The van der Waals surface area contributed by atoms with Gasteiger partial charge in [-0.25, -0.2) is 9.50 Å². The Labute approximate surface area is 176 Å². The van der Waals surface area contributed by atoms with Crippen molar-refractivity contribution < 1.29 is 9.53 Å². The highest BCUT2D eigenvalue weighted by Crippen LogP contribution is 2.25. The molecule has 30 heavy (non-hydrogen) atoms. The molecular weight excluding hydrogens is 378 g/mol. The number of nitrogens with one attached hydrogen (secondary N) is 1. The van der Waals surface area contributed by atoms with Gasteiger partial charge in [0.25, 0.3) is 0 Å². The van der Waals surface area contributed by atoms with Gasteiger partial charge in [0.1, 0.15) is 11.6 Å². The van der Waals surface area contributed by atoms with Gasteiger partial charge in [-0.3, -0.25) is 4.79 Å². The maximum absolute atomic E-state index is 12.5. The summed E-state index contributed by atoms with van der Waals surface area (Å²) < 4.78 is 7.91. The molecule has 0 spiro atoms. The normalized spacial score (nSPS) is 20.8. The average Bonchev–Trinajstić information content (AvgIpc) is 3.05. The summed E-state index contributed by atoms with van der Waals surface area (Å²) in [7, 11) is 0. The highest BCUT2D eigenvalue weighted by atomic mass is 16.5. The van der Waals surface area contributed by atoms with Crippen molar-refractivity contribution in [2.75, 3.05) is 31.6 Å². The van der Waals surface area contributed by atoms with Crippen LogP contribution in [0.15, 0.2) is 48.4 Å². The largest absolute Gasteiger partial charge is 0.494 e. The standard InChI is InChI=1S/C23H27N5O2/c29-23-6-3-13-30-19-5-2-1-4-18(14-19)20-16-25-22-8-7-21(26-28(20)22)24-15-17-9-11-27(23)12-10-17/h1-2,5,7-8,14,16-17H,3-4,6,9-13,15H2,(H,24,26). The lowest BCUT2D eigenvalue weighted by Gasteiger charge is -2.32. The van der Waals surface area contributed by atoms with E-state index < -0.39 is 0 Å². The Bertz CT molecular complexity index is 1030. The number of carbonyl (C=O) groups excluding carboxylic acids is 1. The third-order valence-electron chi connectivity index (χ3n) is 6.08. The zero-order valence-corrected chi connectivity index (χ0v) is 17.1. The summed E-state index contributed by atoms with van der Waals surface area (Å²) in [4.78, 5) is 19.1. The number of carbonyl (C=O) groups is 1. The van der Waals surface area contributed by atoms with E-state index in [-0.39, 0.29) is 5.91 Å². The van der Waals surface area contributed by atoms with Gasteiger partial charge in [-0.1, -0.05) is 12.2 Å². The minimum absolute atomic E-state index is 0.244. The Morgan fingerprint density at radius 3 is 3.00 bits per heavy atom. The minimum atomic E-state index is 0.244. The molecule has 6 bridgehead atoms. The van der Waals surface area contributed by atoms with Gasteiger partial charge in [0.05, 0.1) is 18.5 Å². The smallest absolute Gasteiger partial charge is 0.222 e. The first-order valence-electron chi connectivity index (χ1n) is 10.8. The van der Waals surface area contributed by atoms with Crippen molar-refractivity contribution in [1.82, 2.24) is 19.5 Å². The molecule has 1 N–H and O–H groups in total. The Kier molecular flexibility index (Phi) is 5.26. The SMILES string of the molecule is O=C1CCCOC2=CC=CCC(=C2)c2cnc3ccc(nn23)NCC2CCN1CC2. The van der Waals surface area contributed by atoms with E-state index in [0.717, 1.165) is 73.8 Å². The van der Waals surface area contributed by atoms with E-state index in [1.54, 1.807) is 0 Å². The van der Waals surface area contributed by atoms with Crippen molar-refractivity contribution in [2.24, 2.45) is 5.92 Å². The molecule has 0 aromatic carbocycles. The van der Waals surface area contributed by atoms with Gasteiger partial charge < -0.3 is 15.0 Å². The van der Waals surface area contributed by atoms with Crippen LogP contribution in [0.4, 0.5) is 5.82 Å². The van der Waals surface area contributed by atoms with Crippen molar-refractivity contribution in [1.29, 1.82) is 0 Å². The third-order valence-corrected chi connectivity index (χ3v) is 6.08. The van der Waals surface area contributed by atoms with Crippen LogP contribution >= 0.6 is 0 Å². The summed E-state index contributed by atoms with van der Waals surface area (Å²) in [6.07, 6.45) is 14.1. The van der Waals surface area contributed by atoms with Crippen molar-refractivity contribution >= 4 is 22.9 Å². The number of hydrogen-bond donors (Lipinski definition) is 1.